The minimum Gasteiger partial charge on any atom is -0.373 e. The van der Waals surface area contributed by atoms with Gasteiger partial charge in [-0.1, -0.05) is 19.9 Å². The summed E-state index contributed by atoms with van der Waals surface area (Å²) in [6, 6.07) is 0. The molecule has 2 nitrogen and oxygen atoms in total. The van der Waals surface area contributed by atoms with Gasteiger partial charge in [0.15, 0.2) is 5.78 Å². The molecule has 78 valence electrons. The summed E-state index contributed by atoms with van der Waals surface area (Å²) < 4.78 is 5.32. The lowest BCUT2D eigenvalue weighted by molar-refractivity contribution is -0.135. The van der Waals surface area contributed by atoms with Crippen molar-refractivity contribution in [2.45, 2.75) is 32.8 Å². The molecule has 2 aliphatic rings. The number of fused-ring (bicyclic) bond motifs is 2. The third-order valence-electron chi connectivity index (χ3n) is 4.59. The summed E-state index contributed by atoms with van der Waals surface area (Å²) in [7, 11) is 1.64. The van der Waals surface area contributed by atoms with Crippen LogP contribution in [0.4, 0.5) is 0 Å². The van der Waals surface area contributed by atoms with Crippen LogP contribution in [0.5, 0.6) is 0 Å². The van der Waals surface area contributed by atoms with Crippen molar-refractivity contribution >= 4 is 5.78 Å². The lowest BCUT2D eigenvalue weighted by Gasteiger charge is -2.32. The fraction of sp³-hybridized carbons (Fsp3) is 0.750. The van der Waals surface area contributed by atoms with E-state index in [4.69, 9.17) is 4.74 Å². The monoisotopic (exact) mass is 194 g/mol. The molecule has 2 fully saturated rings. The Kier molecular flexibility index (Phi) is 1.91. The number of ether oxygens (including phenoxy) is 1. The van der Waals surface area contributed by atoms with E-state index in [9.17, 15) is 4.79 Å². The van der Waals surface area contributed by atoms with Crippen LogP contribution in [0, 0.1) is 16.7 Å². The van der Waals surface area contributed by atoms with Gasteiger partial charge in [-0.3, -0.25) is 4.79 Å². The highest BCUT2D eigenvalue weighted by molar-refractivity contribution is 5.95. The standard InChI is InChI=1S/C12H18O2/c1-5-12-7-6-8(11(12,2)3)9(14-4)10(12)13/h5,8-9H,1,6-7H2,2-4H3/t8-,9+,12+/m0/s1. The number of rotatable bonds is 2. The van der Waals surface area contributed by atoms with E-state index in [1.54, 1.807) is 7.11 Å². The number of hydrogen-bond donors (Lipinski definition) is 0. The van der Waals surface area contributed by atoms with Crippen LogP contribution in [0.25, 0.3) is 0 Å². The first-order valence-electron chi connectivity index (χ1n) is 5.22. The number of Topliss-reactive ketones (excluding diaryl/α,β-unsaturated/α-hetero) is 1. The van der Waals surface area contributed by atoms with Crippen LogP contribution in [0.3, 0.4) is 0 Å². The van der Waals surface area contributed by atoms with E-state index < -0.39 is 0 Å². The van der Waals surface area contributed by atoms with Crippen LogP contribution in [0.2, 0.25) is 0 Å². The second-order valence-electron chi connectivity index (χ2n) is 5.06. The molecule has 0 spiro atoms. The highest BCUT2D eigenvalue weighted by Gasteiger charge is 2.67. The van der Waals surface area contributed by atoms with Crippen LogP contribution in [0.15, 0.2) is 12.7 Å². The summed E-state index contributed by atoms with van der Waals surface area (Å²) >= 11 is 0. The van der Waals surface area contributed by atoms with Crippen molar-refractivity contribution in [3.05, 3.63) is 12.7 Å². The summed E-state index contributed by atoms with van der Waals surface area (Å²) in [5.74, 6) is 0.620. The minimum atomic E-state index is -0.321. The molecule has 0 saturated heterocycles. The zero-order valence-electron chi connectivity index (χ0n) is 9.17. The highest BCUT2D eigenvalue weighted by Crippen LogP contribution is 2.64. The number of hydrogen-bond acceptors (Lipinski definition) is 2. The Balaban J connectivity index is 2.51. The Bertz CT molecular complexity index is 293. The fourth-order valence-electron chi connectivity index (χ4n) is 3.54. The maximum Gasteiger partial charge on any atom is 0.172 e. The quantitative estimate of drug-likeness (QED) is 0.630. The van der Waals surface area contributed by atoms with E-state index in [-0.39, 0.29) is 22.7 Å². The summed E-state index contributed by atoms with van der Waals surface area (Å²) in [4.78, 5) is 12.2. The second-order valence-corrected chi connectivity index (χ2v) is 5.06. The first-order valence-corrected chi connectivity index (χ1v) is 5.22. The number of carbonyl (C=O) groups is 1. The second kappa shape index (κ2) is 2.69. The maximum atomic E-state index is 12.2. The first kappa shape index (κ1) is 9.91. The Morgan fingerprint density at radius 3 is 2.57 bits per heavy atom. The van der Waals surface area contributed by atoms with Crippen molar-refractivity contribution in [1.29, 1.82) is 0 Å². The third kappa shape index (κ3) is 0.789. The van der Waals surface area contributed by atoms with Gasteiger partial charge < -0.3 is 4.74 Å². The summed E-state index contributed by atoms with van der Waals surface area (Å²) in [5, 5.41) is 0. The van der Waals surface area contributed by atoms with E-state index >= 15 is 0 Å². The Morgan fingerprint density at radius 1 is 1.57 bits per heavy atom. The van der Waals surface area contributed by atoms with Gasteiger partial charge in [-0.15, -0.1) is 6.58 Å². The van der Waals surface area contributed by atoms with Crippen molar-refractivity contribution < 1.29 is 9.53 Å². The van der Waals surface area contributed by atoms with E-state index in [0.29, 0.717) is 5.92 Å². The molecule has 2 aliphatic carbocycles. The molecular weight excluding hydrogens is 176 g/mol. The van der Waals surface area contributed by atoms with Gasteiger partial charge >= 0.3 is 0 Å². The molecule has 2 heteroatoms. The lowest BCUT2D eigenvalue weighted by atomic mass is 9.69. The SMILES string of the molecule is C=C[C@@]12CC[C@@H]([C@@H](OC)C1=O)C2(C)C. The first-order chi connectivity index (χ1) is 6.51. The number of allylic oxidation sites excluding steroid dienone is 1. The van der Waals surface area contributed by atoms with E-state index in [1.165, 1.54) is 0 Å². The zero-order chi connectivity index (χ0) is 10.6. The smallest absolute Gasteiger partial charge is 0.172 e. The maximum absolute atomic E-state index is 12.2. The van der Waals surface area contributed by atoms with Crippen molar-refractivity contribution in [3.63, 3.8) is 0 Å². The van der Waals surface area contributed by atoms with Gasteiger partial charge in [0.05, 0.1) is 5.41 Å². The normalized spacial score (nSPS) is 44.4. The van der Waals surface area contributed by atoms with E-state index in [2.05, 4.69) is 20.4 Å². The molecular formula is C12H18O2. The van der Waals surface area contributed by atoms with Crippen molar-refractivity contribution in [2.24, 2.45) is 16.7 Å². The Hall–Kier alpha value is -0.630. The molecule has 0 N–H and O–H groups in total. The molecule has 2 saturated carbocycles. The lowest BCUT2D eigenvalue weighted by Crippen LogP contribution is -2.36. The average Bonchev–Trinajstić information content (AvgIpc) is 2.49. The fourth-order valence-corrected chi connectivity index (χ4v) is 3.54. The number of methoxy groups -OCH3 is 1. The minimum absolute atomic E-state index is 0.0203. The van der Waals surface area contributed by atoms with Crippen LogP contribution in [0.1, 0.15) is 26.7 Å². The van der Waals surface area contributed by atoms with Gasteiger partial charge in [0, 0.05) is 7.11 Å². The van der Waals surface area contributed by atoms with E-state index in [0.717, 1.165) is 12.8 Å². The van der Waals surface area contributed by atoms with Gasteiger partial charge in [0.1, 0.15) is 6.10 Å². The van der Waals surface area contributed by atoms with Crippen LogP contribution in [-0.2, 0) is 9.53 Å². The summed E-state index contributed by atoms with van der Waals surface area (Å²) in [5.41, 5.74) is -0.301. The predicted octanol–water partition coefficient (Wildman–Crippen LogP) is 2.19. The Labute approximate surface area is 85.3 Å². The van der Waals surface area contributed by atoms with Crippen molar-refractivity contribution in [1.82, 2.24) is 0 Å². The van der Waals surface area contributed by atoms with Gasteiger partial charge in [-0.25, -0.2) is 0 Å². The summed E-state index contributed by atoms with van der Waals surface area (Å²) in [6.07, 6.45) is 3.70. The average molecular weight is 194 g/mol. The molecule has 0 radical (unpaired) electrons. The van der Waals surface area contributed by atoms with Crippen molar-refractivity contribution in [2.75, 3.05) is 7.11 Å². The topological polar surface area (TPSA) is 26.3 Å². The molecule has 0 amide bonds. The molecule has 2 bridgehead atoms. The molecule has 0 aromatic rings. The molecule has 0 aromatic heterocycles. The molecule has 0 heterocycles. The van der Waals surface area contributed by atoms with Crippen LogP contribution >= 0.6 is 0 Å². The molecule has 0 aliphatic heterocycles. The molecule has 0 aromatic carbocycles. The zero-order valence-corrected chi connectivity index (χ0v) is 9.17. The molecule has 3 atom stereocenters. The third-order valence-corrected chi connectivity index (χ3v) is 4.59. The van der Waals surface area contributed by atoms with Crippen molar-refractivity contribution in [3.8, 4) is 0 Å². The molecule has 0 unspecified atom stereocenters. The summed E-state index contributed by atoms with van der Waals surface area (Å²) in [6.45, 7) is 8.19. The molecule has 2 rings (SSSR count). The predicted molar refractivity (Wildman–Crippen MR) is 54.9 cm³/mol. The highest BCUT2D eigenvalue weighted by atomic mass is 16.5. The van der Waals surface area contributed by atoms with Gasteiger partial charge in [0.25, 0.3) is 0 Å². The number of ketones is 1. The van der Waals surface area contributed by atoms with E-state index in [1.807, 2.05) is 6.08 Å². The Morgan fingerprint density at radius 2 is 2.21 bits per heavy atom. The van der Waals surface area contributed by atoms with Crippen LogP contribution < -0.4 is 0 Å². The van der Waals surface area contributed by atoms with Gasteiger partial charge in [-0.2, -0.15) is 0 Å². The number of carbonyl (C=O) groups excluding carboxylic acids is 1. The largest absolute Gasteiger partial charge is 0.373 e. The van der Waals surface area contributed by atoms with Gasteiger partial charge in [-0.05, 0) is 24.2 Å². The van der Waals surface area contributed by atoms with Gasteiger partial charge in [0.2, 0.25) is 0 Å². The van der Waals surface area contributed by atoms with Crippen LogP contribution in [-0.4, -0.2) is 19.0 Å². The molecule has 14 heavy (non-hydrogen) atoms.